The molecule has 3 aromatic rings. The van der Waals surface area contributed by atoms with E-state index in [1.165, 1.54) is 0 Å². The smallest absolute Gasteiger partial charge is 0.0899 e. The van der Waals surface area contributed by atoms with Crippen LogP contribution in [0.3, 0.4) is 0 Å². The Morgan fingerprint density at radius 1 is 0.667 bits per heavy atom. The lowest BCUT2D eigenvalue weighted by atomic mass is 9.84. The SMILES string of the molecule is O[C@H](c1ccccc1)[C@@H](c1ccccc1)c1cccnc1. The summed E-state index contributed by atoms with van der Waals surface area (Å²) in [6.45, 7) is 0. The van der Waals surface area contributed by atoms with Crippen molar-refractivity contribution >= 4 is 0 Å². The maximum Gasteiger partial charge on any atom is 0.0899 e. The summed E-state index contributed by atoms with van der Waals surface area (Å²) in [5.74, 6) is -0.123. The van der Waals surface area contributed by atoms with Gasteiger partial charge in [-0.15, -0.1) is 0 Å². The van der Waals surface area contributed by atoms with Crippen molar-refractivity contribution in [2.45, 2.75) is 12.0 Å². The van der Waals surface area contributed by atoms with Crippen molar-refractivity contribution in [2.24, 2.45) is 0 Å². The molecule has 0 aliphatic heterocycles. The third-order valence-corrected chi connectivity index (χ3v) is 3.66. The van der Waals surface area contributed by atoms with Crippen LogP contribution in [0, 0.1) is 0 Å². The van der Waals surface area contributed by atoms with E-state index in [9.17, 15) is 5.11 Å². The van der Waals surface area contributed by atoms with Gasteiger partial charge in [-0.3, -0.25) is 4.98 Å². The van der Waals surface area contributed by atoms with Crippen LogP contribution in [0.2, 0.25) is 0 Å². The average Bonchev–Trinajstić information content (AvgIpc) is 2.58. The predicted octanol–water partition coefficient (Wildman–Crippen LogP) is 3.95. The number of hydrogen-bond acceptors (Lipinski definition) is 2. The molecule has 0 amide bonds. The number of hydrogen-bond donors (Lipinski definition) is 1. The van der Waals surface area contributed by atoms with Gasteiger partial charge in [0.1, 0.15) is 0 Å². The van der Waals surface area contributed by atoms with Crippen molar-refractivity contribution in [3.63, 3.8) is 0 Å². The first-order chi connectivity index (χ1) is 10.4. The van der Waals surface area contributed by atoms with Crippen LogP contribution < -0.4 is 0 Å². The van der Waals surface area contributed by atoms with E-state index in [0.29, 0.717) is 0 Å². The molecule has 1 heterocycles. The van der Waals surface area contributed by atoms with Crippen LogP contribution in [-0.4, -0.2) is 10.1 Å². The van der Waals surface area contributed by atoms with Gasteiger partial charge in [0.05, 0.1) is 6.10 Å². The van der Waals surface area contributed by atoms with Gasteiger partial charge in [-0.1, -0.05) is 66.7 Å². The molecule has 0 aliphatic rings. The number of aromatic nitrogens is 1. The van der Waals surface area contributed by atoms with Crippen LogP contribution in [0.5, 0.6) is 0 Å². The van der Waals surface area contributed by atoms with Crippen molar-refractivity contribution in [1.29, 1.82) is 0 Å². The first-order valence-corrected chi connectivity index (χ1v) is 7.04. The monoisotopic (exact) mass is 275 g/mol. The fraction of sp³-hybridized carbons (Fsp3) is 0.105. The highest BCUT2D eigenvalue weighted by molar-refractivity contribution is 5.35. The Balaban J connectivity index is 2.05. The summed E-state index contributed by atoms with van der Waals surface area (Å²) in [7, 11) is 0. The quantitative estimate of drug-likeness (QED) is 0.782. The minimum absolute atomic E-state index is 0.123. The van der Waals surface area contributed by atoms with Crippen molar-refractivity contribution in [3.05, 3.63) is 102 Å². The molecule has 104 valence electrons. The van der Waals surface area contributed by atoms with Crippen molar-refractivity contribution in [2.75, 3.05) is 0 Å². The molecule has 0 spiro atoms. The lowest BCUT2D eigenvalue weighted by molar-refractivity contribution is 0.159. The molecule has 2 heteroatoms. The highest BCUT2D eigenvalue weighted by atomic mass is 16.3. The normalized spacial score (nSPS) is 13.6. The van der Waals surface area contributed by atoms with E-state index in [-0.39, 0.29) is 5.92 Å². The zero-order chi connectivity index (χ0) is 14.5. The van der Waals surface area contributed by atoms with Gasteiger partial charge in [-0.25, -0.2) is 0 Å². The van der Waals surface area contributed by atoms with Crippen molar-refractivity contribution in [1.82, 2.24) is 4.98 Å². The summed E-state index contributed by atoms with van der Waals surface area (Å²) in [5.41, 5.74) is 3.01. The second-order valence-electron chi connectivity index (χ2n) is 5.03. The molecular weight excluding hydrogens is 258 g/mol. The highest BCUT2D eigenvalue weighted by Crippen LogP contribution is 2.36. The van der Waals surface area contributed by atoms with Crippen LogP contribution in [0.1, 0.15) is 28.7 Å². The Kier molecular flexibility index (Phi) is 4.08. The number of aliphatic hydroxyl groups is 1. The Bertz CT molecular complexity index is 628. The Labute approximate surface area is 124 Å². The van der Waals surface area contributed by atoms with E-state index in [2.05, 4.69) is 4.98 Å². The molecule has 2 nitrogen and oxygen atoms in total. The van der Waals surface area contributed by atoms with Gasteiger partial charge < -0.3 is 5.11 Å². The summed E-state index contributed by atoms with van der Waals surface area (Å²) < 4.78 is 0. The number of pyridine rings is 1. The van der Waals surface area contributed by atoms with Gasteiger partial charge in [0.2, 0.25) is 0 Å². The standard InChI is InChI=1S/C19H17NO/c21-19(16-10-5-2-6-11-16)18(15-8-3-1-4-9-15)17-12-7-13-20-14-17/h1-14,18-19,21H/t18-,19+/m0/s1. The van der Waals surface area contributed by atoms with Gasteiger partial charge in [0, 0.05) is 18.3 Å². The van der Waals surface area contributed by atoms with Gasteiger partial charge in [0.15, 0.2) is 0 Å². The van der Waals surface area contributed by atoms with Crippen LogP contribution in [-0.2, 0) is 0 Å². The van der Waals surface area contributed by atoms with Gasteiger partial charge in [-0.05, 0) is 22.8 Å². The Morgan fingerprint density at radius 3 is 1.81 bits per heavy atom. The fourth-order valence-electron chi connectivity index (χ4n) is 2.62. The minimum atomic E-state index is -0.599. The lowest BCUT2D eigenvalue weighted by Gasteiger charge is -2.24. The molecule has 0 radical (unpaired) electrons. The average molecular weight is 275 g/mol. The molecule has 0 aliphatic carbocycles. The largest absolute Gasteiger partial charge is 0.387 e. The third kappa shape index (κ3) is 3.01. The molecule has 0 unspecified atom stereocenters. The first kappa shape index (κ1) is 13.5. The molecule has 0 fully saturated rings. The first-order valence-electron chi connectivity index (χ1n) is 7.04. The third-order valence-electron chi connectivity index (χ3n) is 3.66. The van der Waals surface area contributed by atoms with Gasteiger partial charge in [0.25, 0.3) is 0 Å². The van der Waals surface area contributed by atoms with E-state index in [4.69, 9.17) is 0 Å². The second kappa shape index (κ2) is 6.33. The van der Waals surface area contributed by atoms with E-state index in [1.807, 2.05) is 79.0 Å². The minimum Gasteiger partial charge on any atom is -0.387 e. The highest BCUT2D eigenvalue weighted by Gasteiger charge is 2.24. The van der Waals surface area contributed by atoms with Crippen LogP contribution in [0.25, 0.3) is 0 Å². The van der Waals surface area contributed by atoms with E-state index in [1.54, 1.807) is 6.20 Å². The second-order valence-corrected chi connectivity index (χ2v) is 5.03. The van der Waals surface area contributed by atoms with Crippen LogP contribution in [0.15, 0.2) is 85.2 Å². The van der Waals surface area contributed by atoms with Gasteiger partial charge >= 0.3 is 0 Å². The molecule has 0 saturated carbocycles. The number of aliphatic hydroxyl groups excluding tert-OH is 1. The molecule has 2 atom stereocenters. The summed E-state index contributed by atoms with van der Waals surface area (Å²) in [4.78, 5) is 4.20. The Morgan fingerprint density at radius 2 is 1.24 bits per heavy atom. The Hall–Kier alpha value is -2.45. The van der Waals surface area contributed by atoms with Crippen molar-refractivity contribution < 1.29 is 5.11 Å². The lowest BCUT2D eigenvalue weighted by Crippen LogP contribution is -2.12. The van der Waals surface area contributed by atoms with E-state index < -0.39 is 6.10 Å². The van der Waals surface area contributed by atoms with E-state index in [0.717, 1.165) is 16.7 Å². The van der Waals surface area contributed by atoms with Gasteiger partial charge in [-0.2, -0.15) is 0 Å². The number of nitrogens with zero attached hydrogens (tertiary/aromatic N) is 1. The number of rotatable bonds is 4. The maximum atomic E-state index is 10.9. The zero-order valence-corrected chi connectivity index (χ0v) is 11.6. The van der Waals surface area contributed by atoms with Crippen LogP contribution in [0.4, 0.5) is 0 Å². The maximum absolute atomic E-state index is 10.9. The molecule has 0 bridgehead atoms. The molecule has 1 aromatic heterocycles. The molecule has 3 rings (SSSR count). The topological polar surface area (TPSA) is 33.1 Å². The predicted molar refractivity (Wildman–Crippen MR) is 83.9 cm³/mol. The summed E-state index contributed by atoms with van der Waals surface area (Å²) >= 11 is 0. The summed E-state index contributed by atoms with van der Waals surface area (Å²) in [5, 5.41) is 10.9. The van der Waals surface area contributed by atoms with Crippen molar-refractivity contribution in [3.8, 4) is 0 Å². The van der Waals surface area contributed by atoms with Crippen LogP contribution >= 0.6 is 0 Å². The van der Waals surface area contributed by atoms with E-state index >= 15 is 0 Å². The molecule has 0 saturated heterocycles. The molecule has 21 heavy (non-hydrogen) atoms. The number of benzene rings is 2. The molecular formula is C19H17NO. The zero-order valence-electron chi connectivity index (χ0n) is 11.6. The molecule has 1 N–H and O–H groups in total. The molecule has 2 aromatic carbocycles. The fourth-order valence-corrected chi connectivity index (χ4v) is 2.62. The summed E-state index contributed by atoms with van der Waals surface area (Å²) in [6, 6.07) is 23.7. The summed E-state index contributed by atoms with van der Waals surface area (Å²) in [6.07, 6.45) is 2.97.